The van der Waals surface area contributed by atoms with Gasteiger partial charge in [0.1, 0.15) is 0 Å². The predicted octanol–water partition coefficient (Wildman–Crippen LogP) is 4.77. The molecule has 0 heterocycles. The lowest BCUT2D eigenvalue weighted by atomic mass is 10.0. The lowest BCUT2D eigenvalue weighted by Crippen LogP contribution is -2.09. The number of esters is 1. The molecule has 106 valence electrons. The standard InChI is InChI=1S/C17H26O2/c1-3-5-7-11-15-12-8-9-13-16(15)17(18)19-14-10-6-4-2/h8-9,12-13H,3-7,10-11,14H2,1-2H3. The van der Waals surface area contributed by atoms with Crippen LogP contribution in [0.3, 0.4) is 0 Å². The molecule has 0 bridgehead atoms. The van der Waals surface area contributed by atoms with E-state index in [9.17, 15) is 4.79 Å². The Kier molecular flexibility index (Phi) is 7.95. The van der Waals surface area contributed by atoms with Gasteiger partial charge in [-0.15, -0.1) is 0 Å². The van der Waals surface area contributed by atoms with Crippen molar-refractivity contribution in [3.05, 3.63) is 35.4 Å². The smallest absolute Gasteiger partial charge is 0.338 e. The van der Waals surface area contributed by atoms with Crippen molar-refractivity contribution in [1.29, 1.82) is 0 Å². The monoisotopic (exact) mass is 262 g/mol. The number of rotatable bonds is 9. The van der Waals surface area contributed by atoms with E-state index in [2.05, 4.69) is 13.8 Å². The third-order valence-corrected chi connectivity index (χ3v) is 3.27. The van der Waals surface area contributed by atoms with E-state index < -0.39 is 0 Å². The topological polar surface area (TPSA) is 26.3 Å². The highest BCUT2D eigenvalue weighted by molar-refractivity contribution is 5.91. The number of carbonyl (C=O) groups is 1. The second-order valence-corrected chi connectivity index (χ2v) is 4.96. The third kappa shape index (κ3) is 5.91. The molecule has 0 saturated heterocycles. The molecular formula is C17H26O2. The van der Waals surface area contributed by atoms with Crippen LogP contribution in [-0.4, -0.2) is 12.6 Å². The van der Waals surface area contributed by atoms with E-state index in [0.29, 0.717) is 6.61 Å². The minimum Gasteiger partial charge on any atom is -0.462 e. The molecule has 1 aromatic carbocycles. The molecule has 0 aliphatic rings. The number of benzene rings is 1. The van der Waals surface area contributed by atoms with Gasteiger partial charge in [-0.3, -0.25) is 0 Å². The Morgan fingerprint density at radius 3 is 2.42 bits per heavy atom. The summed E-state index contributed by atoms with van der Waals surface area (Å²) in [6.07, 6.45) is 7.73. The van der Waals surface area contributed by atoms with Gasteiger partial charge in [0.25, 0.3) is 0 Å². The fourth-order valence-corrected chi connectivity index (χ4v) is 2.10. The lowest BCUT2D eigenvalue weighted by molar-refractivity contribution is 0.0497. The first-order valence-electron chi connectivity index (χ1n) is 7.54. The van der Waals surface area contributed by atoms with Crippen LogP contribution in [0.25, 0.3) is 0 Å². The van der Waals surface area contributed by atoms with Crippen LogP contribution in [0.5, 0.6) is 0 Å². The third-order valence-electron chi connectivity index (χ3n) is 3.27. The van der Waals surface area contributed by atoms with E-state index >= 15 is 0 Å². The highest BCUT2D eigenvalue weighted by Crippen LogP contribution is 2.14. The highest BCUT2D eigenvalue weighted by Gasteiger charge is 2.11. The van der Waals surface area contributed by atoms with Crippen LogP contribution < -0.4 is 0 Å². The summed E-state index contributed by atoms with van der Waals surface area (Å²) >= 11 is 0. The van der Waals surface area contributed by atoms with Crippen LogP contribution in [0.1, 0.15) is 68.3 Å². The van der Waals surface area contributed by atoms with E-state index in [0.717, 1.165) is 43.2 Å². The van der Waals surface area contributed by atoms with Crippen LogP contribution in [-0.2, 0) is 11.2 Å². The van der Waals surface area contributed by atoms with Crippen LogP contribution in [0.2, 0.25) is 0 Å². The molecule has 19 heavy (non-hydrogen) atoms. The molecule has 0 amide bonds. The summed E-state index contributed by atoms with van der Waals surface area (Å²) in [5.41, 5.74) is 1.87. The highest BCUT2D eigenvalue weighted by atomic mass is 16.5. The van der Waals surface area contributed by atoms with Gasteiger partial charge in [0, 0.05) is 0 Å². The summed E-state index contributed by atoms with van der Waals surface area (Å²) in [6.45, 7) is 4.87. The summed E-state index contributed by atoms with van der Waals surface area (Å²) in [4.78, 5) is 12.0. The number of hydrogen-bond donors (Lipinski definition) is 0. The van der Waals surface area contributed by atoms with Gasteiger partial charge in [-0.2, -0.15) is 0 Å². The molecule has 0 aliphatic carbocycles. The van der Waals surface area contributed by atoms with Crippen molar-refractivity contribution in [3.8, 4) is 0 Å². The van der Waals surface area contributed by atoms with Gasteiger partial charge in [-0.25, -0.2) is 4.79 Å². The van der Waals surface area contributed by atoms with E-state index in [-0.39, 0.29) is 5.97 Å². The maximum atomic E-state index is 12.0. The van der Waals surface area contributed by atoms with Crippen molar-refractivity contribution in [3.63, 3.8) is 0 Å². The summed E-state index contributed by atoms with van der Waals surface area (Å²) in [5, 5.41) is 0. The average molecular weight is 262 g/mol. The fraction of sp³-hybridized carbons (Fsp3) is 0.588. The van der Waals surface area contributed by atoms with E-state index in [1.54, 1.807) is 0 Å². The van der Waals surface area contributed by atoms with Crippen LogP contribution in [0.15, 0.2) is 24.3 Å². The van der Waals surface area contributed by atoms with Gasteiger partial charge < -0.3 is 4.74 Å². The van der Waals surface area contributed by atoms with Crippen molar-refractivity contribution in [1.82, 2.24) is 0 Å². The number of hydrogen-bond acceptors (Lipinski definition) is 2. The maximum Gasteiger partial charge on any atom is 0.338 e. The molecule has 0 N–H and O–H groups in total. The number of ether oxygens (including phenoxy) is 1. The molecule has 0 aromatic heterocycles. The van der Waals surface area contributed by atoms with Gasteiger partial charge in [0.05, 0.1) is 12.2 Å². The Hall–Kier alpha value is -1.31. The normalized spacial score (nSPS) is 10.4. The van der Waals surface area contributed by atoms with Crippen LogP contribution in [0, 0.1) is 0 Å². The summed E-state index contributed by atoms with van der Waals surface area (Å²) in [5.74, 6) is -0.164. The minimum absolute atomic E-state index is 0.164. The van der Waals surface area contributed by atoms with Crippen LogP contribution in [0.4, 0.5) is 0 Å². The Morgan fingerprint density at radius 1 is 1.00 bits per heavy atom. The molecule has 1 rings (SSSR count). The molecule has 1 aromatic rings. The Bertz CT molecular complexity index is 371. The average Bonchev–Trinajstić information content (AvgIpc) is 2.44. The second kappa shape index (κ2) is 9.60. The molecule has 0 aliphatic heterocycles. The van der Waals surface area contributed by atoms with Gasteiger partial charge in [0.2, 0.25) is 0 Å². The van der Waals surface area contributed by atoms with Gasteiger partial charge >= 0.3 is 5.97 Å². The van der Waals surface area contributed by atoms with Crippen molar-refractivity contribution in [2.24, 2.45) is 0 Å². The quantitative estimate of drug-likeness (QED) is 0.473. The van der Waals surface area contributed by atoms with Crippen molar-refractivity contribution in [2.75, 3.05) is 6.61 Å². The molecule has 2 heteroatoms. The number of aryl methyl sites for hydroxylation is 1. The van der Waals surface area contributed by atoms with E-state index in [1.807, 2.05) is 24.3 Å². The molecule has 2 nitrogen and oxygen atoms in total. The SMILES string of the molecule is CCCCCOC(=O)c1ccccc1CCCCC. The molecule has 0 fully saturated rings. The zero-order chi connectivity index (χ0) is 13.9. The molecule has 0 spiro atoms. The Labute approximate surface area is 117 Å². The van der Waals surface area contributed by atoms with Gasteiger partial charge in [-0.1, -0.05) is 57.7 Å². The van der Waals surface area contributed by atoms with Crippen LogP contribution >= 0.6 is 0 Å². The summed E-state index contributed by atoms with van der Waals surface area (Å²) in [7, 11) is 0. The van der Waals surface area contributed by atoms with E-state index in [4.69, 9.17) is 4.74 Å². The van der Waals surface area contributed by atoms with Crippen molar-refractivity contribution >= 4 is 5.97 Å². The van der Waals surface area contributed by atoms with E-state index in [1.165, 1.54) is 12.8 Å². The van der Waals surface area contributed by atoms with Crippen molar-refractivity contribution < 1.29 is 9.53 Å². The Morgan fingerprint density at radius 2 is 1.68 bits per heavy atom. The Balaban J connectivity index is 2.52. The fourth-order valence-electron chi connectivity index (χ4n) is 2.10. The summed E-state index contributed by atoms with van der Waals surface area (Å²) in [6, 6.07) is 7.82. The molecule has 0 atom stereocenters. The van der Waals surface area contributed by atoms with Crippen molar-refractivity contribution in [2.45, 2.75) is 58.8 Å². The largest absolute Gasteiger partial charge is 0.462 e. The minimum atomic E-state index is -0.164. The molecule has 0 radical (unpaired) electrons. The summed E-state index contributed by atoms with van der Waals surface area (Å²) < 4.78 is 5.34. The maximum absolute atomic E-state index is 12.0. The first kappa shape index (κ1) is 15.7. The molecule has 0 saturated carbocycles. The first-order valence-corrected chi connectivity index (χ1v) is 7.54. The molecular weight excluding hydrogens is 236 g/mol. The predicted molar refractivity (Wildman–Crippen MR) is 79.5 cm³/mol. The lowest BCUT2D eigenvalue weighted by Gasteiger charge is -2.09. The zero-order valence-electron chi connectivity index (χ0n) is 12.3. The second-order valence-electron chi connectivity index (χ2n) is 4.96. The number of carbonyl (C=O) groups excluding carboxylic acids is 1. The van der Waals surface area contributed by atoms with Gasteiger partial charge in [-0.05, 0) is 30.9 Å². The zero-order valence-corrected chi connectivity index (χ0v) is 12.3. The first-order chi connectivity index (χ1) is 9.29. The number of unbranched alkanes of at least 4 members (excludes halogenated alkanes) is 4. The van der Waals surface area contributed by atoms with Gasteiger partial charge in [0.15, 0.2) is 0 Å². The molecule has 0 unspecified atom stereocenters.